The van der Waals surface area contributed by atoms with E-state index in [0.29, 0.717) is 0 Å². The molecule has 0 heterocycles. The Hall–Kier alpha value is 0.430. The highest BCUT2D eigenvalue weighted by Gasteiger charge is 2.50. The normalized spacial score (nSPS) is 49.8. The lowest BCUT2D eigenvalue weighted by Gasteiger charge is -2.57. The van der Waals surface area contributed by atoms with Crippen LogP contribution >= 0.6 is 8.58 Å². The van der Waals surface area contributed by atoms with Gasteiger partial charge in [0, 0.05) is 0 Å². The minimum Gasteiger partial charge on any atom is -0.115 e. The number of rotatable bonds is 3. The van der Waals surface area contributed by atoms with E-state index < -0.39 is 0 Å². The van der Waals surface area contributed by atoms with Crippen LogP contribution in [0.2, 0.25) is 0 Å². The molecule has 0 spiro atoms. The van der Waals surface area contributed by atoms with Crippen molar-refractivity contribution in [2.45, 2.75) is 69.4 Å². The first-order valence-corrected chi connectivity index (χ1v) is 9.27. The maximum atomic E-state index is 1.64. The van der Waals surface area contributed by atoms with Crippen LogP contribution in [0.4, 0.5) is 0 Å². The second-order valence-corrected chi connectivity index (χ2v) is 9.55. The molecule has 5 fully saturated rings. The van der Waals surface area contributed by atoms with Gasteiger partial charge in [0.25, 0.3) is 0 Å². The molecule has 5 aliphatic carbocycles. The summed E-state index contributed by atoms with van der Waals surface area (Å²) < 4.78 is 0. The molecule has 0 nitrogen and oxygen atoms in total. The SMILES string of the molecule is C1CCC(CPC23CC4CC(CC(C4)C2)C3)C1. The summed E-state index contributed by atoms with van der Waals surface area (Å²) in [7, 11) is 1.34. The molecular weight excluding hydrogens is 223 g/mol. The molecule has 0 aromatic heterocycles. The highest BCUT2D eigenvalue weighted by Crippen LogP contribution is 2.62. The van der Waals surface area contributed by atoms with Crippen molar-refractivity contribution in [2.75, 3.05) is 6.16 Å². The van der Waals surface area contributed by atoms with Gasteiger partial charge < -0.3 is 0 Å². The van der Waals surface area contributed by atoms with Crippen LogP contribution in [-0.4, -0.2) is 11.3 Å². The van der Waals surface area contributed by atoms with Gasteiger partial charge in [-0.05, 0) is 73.5 Å². The van der Waals surface area contributed by atoms with E-state index in [1.165, 1.54) is 21.4 Å². The fraction of sp³-hybridized carbons (Fsp3) is 1.00. The average molecular weight is 250 g/mol. The third-order valence-corrected chi connectivity index (χ3v) is 8.42. The highest BCUT2D eigenvalue weighted by molar-refractivity contribution is 7.40. The quantitative estimate of drug-likeness (QED) is 0.630. The van der Waals surface area contributed by atoms with Crippen LogP contribution in [0.25, 0.3) is 0 Å². The predicted octanol–water partition coefficient (Wildman–Crippen LogP) is 4.82. The maximum absolute atomic E-state index is 1.64. The van der Waals surface area contributed by atoms with Crippen LogP contribution in [0.1, 0.15) is 64.2 Å². The Morgan fingerprint density at radius 2 is 1.35 bits per heavy atom. The van der Waals surface area contributed by atoms with Crippen molar-refractivity contribution in [3.8, 4) is 0 Å². The van der Waals surface area contributed by atoms with Gasteiger partial charge in [-0.3, -0.25) is 0 Å². The van der Waals surface area contributed by atoms with Crippen molar-refractivity contribution < 1.29 is 0 Å². The third kappa shape index (κ3) is 2.09. The maximum Gasteiger partial charge on any atom is -0.0114 e. The molecular formula is C16H27P. The third-order valence-electron chi connectivity index (χ3n) is 6.28. The Bertz CT molecular complexity index is 255. The molecule has 0 N–H and O–H groups in total. The highest BCUT2D eigenvalue weighted by atomic mass is 31.1. The van der Waals surface area contributed by atoms with E-state index in [-0.39, 0.29) is 0 Å². The fourth-order valence-corrected chi connectivity index (χ4v) is 8.33. The average Bonchev–Trinajstić information content (AvgIpc) is 2.77. The lowest BCUT2D eigenvalue weighted by atomic mass is 9.56. The summed E-state index contributed by atoms with van der Waals surface area (Å²) in [6.45, 7) is 0. The molecule has 1 heteroatoms. The molecule has 0 amide bonds. The second-order valence-electron chi connectivity index (χ2n) is 7.73. The minimum atomic E-state index is 0.886. The first-order valence-electron chi connectivity index (χ1n) is 8.06. The van der Waals surface area contributed by atoms with E-state index in [1.807, 2.05) is 0 Å². The van der Waals surface area contributed by atoms with Crippen LogP contribution < -0.4 is 0 Å². The molecule has 17 heavy (non-hydrogen) atoms. The van der Waals surface area contributed by atoms with E-state index in [2.05, 4.69) is 0 Å². The van der Waals surface area contributed by atoms with Gasteiger partial charge in [-0.1, -0.05) is 25.7 Å². The second kappa shape index (κ2) is 4.22. The molecule has 0 aromatic carbocycles. The lowest BCUT2D eigenvalue weighted by molar-refractivity contribution is 0.0366. The topological polar surface area (TPSA) is 0 Å². The standard InChI is InChI=1S/C16H27P/c1-2-4-12(3-1)11-17-16-8-13-5-14(9-16)7-15(6-13)10-16/h12-15,17H,1-11H2. The molecule has 1 atom stereocenters. The molecule has 1 unspecified atom stereocenters. The Kier molecular flexibility index (Phi) is 2.80. The summed E-state index contributed by atoms with van der Waals surface area (Å²) in [5, 5.41) is 0.886. The summed E-state index contributed by atoms with van der Waals surface area (Å²) in [4.78, 5) is 0. The van der Waals surface area contributed by atoms with Gasteiger partial charge in [0.05, 0.1) is 0 Å². The van der Waals surface area contributed by atoms with Crippen molar-refractivity contribution in [3.05, 3.63) is 0 Å². The van der Waals surface area contributed by atoms with Gasteiger partial charge in [-0.25, -0.2) is 0 Å². The van der Waals surface area contributed by atoms with Crippen LogP contribution in [0.3, 0.4) is 0 Å². The van der Waals surface area contributed by atoms with Crippen LogP contribution in [0, 0.1) is 23.7 Å². The molecule has 4 bridgehead atoms. The summed E-state index contributed by atoms with van der Waals surface area (Å²) in [6.07, 6.45) is 17.6. The Morgan fingerprint density at radius 3 is 1.88 bits per heavy atom. The monoisotopic (exact) mass is 250 g/mol. The van der Waals surface area contributed by atoms with Gasteiger partial charge in [0.2, 0.25) is 0 Å². The van der Waals surface area contributed by atoms with Crippen molar-refractivity contribution >= 4 is 8.58 Å². The van der Waals surface area contributed by atoms with Gasteiger partial charge in [-0.15, -0.1) is 8.58 Å². The Labute approximate surface area is 108 Å². The van der Waals surface area contributed by atoms with Crippen molar-refractivity contribution in [1.82, 2.24) is 0 Å². The van der Waals surface area contributed by atoms with Gasteiger partial charge in [0.1, 0.15) is 0 Å². The summed E-state index contributed by atoms with van der Waals surface area (Å²) >= 11 is 0. The summed E-state index contributed by atoms with van der Waals surface area (Å²) in [5.41, 5.74) is 0. The molecule has 0 saturated heterocycles. The molecule has 0 aliphatic heterocycles. The van der Waals surface area contributed by atoms with E-state index >= 15 is 0 Å². The zero-order valence-corrected chi connectivity index (χ0v) is 12.1. The summed E-state index contributed by atoms with van der Waals surface area (Å²) in [6, 6.07) is 0. The Morgan fingerprint density at radius 1 is 0.824 bits per heavy atom. The van der Waals surface area contributed by atoms with E-state index in [4.69, 9.17) is 0 Å². The molecule has 0 radical (unpaired) electrons. The Balaban J connectivity index is 1.42. The van der Waals surface area contributed by atoms with E-state index in [1.54, 1.807) is 57.5 Å². The zero-order valence-electron chi connectivity index (χ0n) is 11.1. The molecule has 96 valence electrons. The van der Waals surface area contributed by atoms with E-state index in [9.17, 15) is 0 Å². The molecule has 5 aliphatic rings. The zero-order chi connectivity index (χ0) is 11.3. The van der Waals surface area contributed by atoms with Gasteiger partial charge in [-0.2, -0.15) is 0 Å². The predicted molar refractivity (Wildman–Crippen MR) is 76.0 cm³/mol. The van der Waals surface area contributed by atoms with Crippen molar-refractivity contribution in [2.24, 2.45) is 23.7 Å². The van der Waals surface area contributed by atoms with Crippen LogP contribution in [0.5, 0.6) is 0 Å². The number of hydrogen-bond acceptors (Lipinski definition) is 0. The lowest BCUT2D eigenvalue weighted by Crippen LogP contribution is -2.48. The van der Waals surface area contributed by atoms with Crippen molar-refractivity contribution in [1.29, 1.82) is 0 Å². The molecule has 5 rings (SSSR count). The largest absolute Gasteiger partial charge is 0.115 e. The first kappa shape index (κ1) is 11.3. The smallest absolute Gasteiger partial charge is 0.0114 e. The number of hydrogen-bond donors (Lipinski definition) is 0. The van der Waals surface area contributed by atoms with Crippen molar-refractivity contribution in [3.63, 3.8) is 0 Å². The van der Waals surface area contributed by atoms with Crippen LogP contribution in [0.15, 0.2) is 0 Å². The summed E-state index contributed by atoms with van der Waals surface area (Å²) in [5.74, 6) is 4.63. The van der Waals surface area contributed by atoms with Gasteiger partial charge in [0.15, 0.2) is 0 Å². The fourth-order valence-electron chi connectivity index (χ4n) is 5.90. The molecule has 5 saturated carbocycles. The molecule has 0 aromatic rings. The van der Waals surface area contributed by atoms with E-state index in [0.717, 1.165) is 28.8 Å². The van der Waals surface area contributed by atoms with Crippen LogP contribution in [-0.2, 0) is 0 Å². The minimum absolute atomic E-state index is 0.886. The first-order chi connectivity index (χ1) is 8.31. The van der Waals surface area contributed by atoms with Gasteiger partial charge >= 0.3 is 0 Å².